The maximum absolute atomic E-state index is 13.2. The van der Waals surface area contributed by atoms with Crippen molar-refractivity contribution in [3.8, 4) is 6.07 Å². The van der Waals surface area contributed by atoms with E-state index in [1.165, 1.54) is 11.0 Å². The molecule has 2 aliphatic carbocycles. The van der Waals surface area contributed by atoms with Crippen LogP contribution in [-0.4, -0.2) is 40.1 Å². The number of likely N-dealkylation sites (tertiary alicyclic amines) is 1. The van der Waals surface area contributed by atoms with E-state index in [2.05, 4.69) is 11.4 Å². The van der Waals surface area contributed by atoms with Crippen molar-refractivity contribution in [1.29, 1.82) is 5.26 Å². The number of rotatable bonds is 5. The number of halogens is 1. The molecule has 1 N–H and O–H groups in total. The molecule has 3 amide bonds. The van der Waals surface area contributed by atoms with E-state index in [0.717, 1.165) is 5.56 Å². The molecule has 0 aromatic heterocycles. The van der Waals surface area contributed by atoms with Gasteiger partial charge in [0, 0.05) is 22.9 Å². The highest BCUT2D eigenvalue weighted by atomic mass is 35.5. The van der Waals surface area contributed by atoms with Gasteiger partial charge in [-0.3, -0.25) is 19.3 Å². The zero-order valence-corrected chi connectivity index (χ0v) is 18.7. The van der Waals surface area contributed by atoms with Gasteiger partial charge in [-0.15, -0.1) is 0 Å². The summed E-state index contributed by atoms with van der Waals surface area (Å²) in [6.45, 7) is 0.232. The molecule has 0 bridgehead atoms. The Balaban J connectivity index is 1.48. The van der Waals surface area contributed by atoms with Crippen LogP contribution in [0.2, 0.25) is 0 Å². The number of allylic oxidation sites excluding steroid dienone is 4. The molecule has 32 heavy (non-hydrogen) atoms. The van der Waals surface area contributed by atoms with Crippen LogP contribution in [0.4, 0.5) is 0 Å². The molecule has 1 aliphatic heterocycles. The number of amides is 3. The lowest BCUT2D eigenvalue weighted by Crippen LogP contribution is -2.46. The first-order valence-corrected chi connectivity index (χ1v) is 11.1. The predicted octanol–water partition coefficient (Wildman–Crippen LogP) is 2.97. The summed E-state index contributed by atoms with van der Waals surface area (Å²) >= 11 is 11.3. The summed E-state index contributed by atoms with van der Waals surface area (Å²) in [6.07, 6.45) is 8.20. The van der Waals surface area contributed by atoms with Crippen molar-refractivity contribution in [2.24, 2.45) is 11.8 Å². The molecule has 6 nitrogen and oxygen atoms in total. The lowest BCUT2D eigenvalue weighted by atomic mass is 9.81. The van der Waals surface area contributed by atoms with Gasteiger partial charge in [0.1, 0.15) is 0 Å². The van der Waals surface area contributed by atoms with E-state index in [1.807, 2.05) is 12.1 Å². The number of hydrogen-bond donors (Lipinski definition) is 1. The van der Waals surface area contributed by atoms with Gasteiger partial charge in [0.05, 0.1) is 35.1 Å². The summed E-state index contributed by atoms with van der Waals surface area (Å²) in [7, 11) is 0. The SMILES string of the molecule is N#Cc1cccc(CCN2C(=O)C3CC=CC(NC(=O)C4=CC(Cl)=CCC4=S)C3C2=O)c1. The van der Waals surface area contributed by atoms with Crippen molar-refractivity contribution in [3.63, 3.8) is 0 Å². The van der Waals surface area contributed by atoms with Gasteiger partial charge in [-0.25, -0.2) is 0 Å². The monoisotopic (exact) mass is 465 g/mol. The number of carbonyl (C=O) groups excluding carboxylic acids is 3. The van der Waals surface area contributed by atoms with Crippen LogP contribution in [0.3, 0.4) is 0 Å². The fourth-order valence-electron chi connectivity index (χ4n) is 4.35. The summed E-state index contributed by atoms with van der Waals surface area (Å²) < 4.78 is 0. The Labute approximate surface area is 196 Å². The van der Waals surface area contributed by atoms with Gasteiger partial charge in [-0.2, -0.15) is 5.26 Å². The van der Waals surface area contributed by atoms with E-state index in [0.29, 0.717) is 40.3 Å². The first-order valence-electron chi connectivity index (χ1n) is 10.3. The van der Waals surface area contributed by atoms with E-state index < -0.39 is 23.8 Å². The van der Waals surface area contributed by atoms with Gasteiger partial charge in [-0.05, 0) is 36.6 Å². The largest absolute Gasteiger partial charge is 0.345 e. The molecule has 0 saturated carbocycles. The Hall–Kier alpha value is -3.08. The molecular weight excluding hydrogens is 446 g/mol. The summed E-state index contributed by atoms with van der Waals surface area (Å²) in [4.78, 5) is 40.7. The van der Waals surface area contributed by atoms with Crippen LogP contribution in [0.25, 0.3) is 0 Å². The quantitative estimate of drug-likeness (QED) is 0.410. The first-order chi connectivity index (χ1) is 15.4. The third-order valence-corrected chi connectivity index (χ3v) is 6.63. The van der Waals surface area contributed by atoms with Crippen LogP contribution in [0.5, 0.6) is 0 Å². The van der Waals surface area contributed by atoms with Gasteiger partial charge in [0.15, 0.2) is 0 Å². The molecule has 3 unspecified atom stereocenters. The summed E-state index contributed by atoms with van der Waals surface area (Å²) in [6, 6.07) is 8.60. The van der Waals surface area contributed by atoms with Crippen LogP contribution in [-0.2, 0) is 20.8 Å². The Morgan fingerprint density at radius 1 is 1.31 bits per heavy atom. The van der Waals surface area contributed by atoms with Crippen molar-refractivity contribution in [2.75, 3.05) is 6.54 Å². The molecule has 3 atom stereocenters. The van der Waals surface area contributed by atoms with Gasteiger partial charge in [-0.1, -0.05) is 54.2 Å². The average Bonchev–Trinajstić information content (AvgIpc) is 3.04. The zero-order valence-electron chi connectivity index (χ0n) is 17.1. The maximum Gasteiger partial charge on any atom is 0.252 e. The number of hydrogen-bond acceptors (Lipinski definition) is 5. The third kappa shape index (κ3) is 4.29. The number of fused-ring (bicyclic) bond motifs is 1. The molecule has 8 heteroatoms. The highest BCUT2D eigenvalue weighted by Gasteiger charge is 2.51. The molecule has 3 aliphatic rings. The average molecular weight is 466 g/mol. The van der Waals surface area contributed by atoms with Gasteiger partial charge >= 0.3 is 0 Å². The fourth-order valence-corrected chi connectivity index (χ4v) is 4.77. The van der Waals surface area contributed by atoms with Crippen LogP contribution in [0.15, 0.2) is 59.2 Å². The molecule has 1 aromatic carbocycles. The number of nitriles is 1. The molecule has 1 saturated heterocycles. The van der Waals surface area contributed by atoms with Crippen molar-refractivity contribution >= 4 is 46.4 Å². The minimum atomic E-state index is -0.648. The van der Waals surface area contributed by atoms with Crippen LogP contribution in [0, 0.1) is 23.2 Å². The smallest absolute Gasteiger partial charge is 0.252 e. The fraction of sp³-hybridized carbons (Fsp3) is 0.292. The lowest BCUT2D eigenvalue weighted by Gasteiger charge is -2.27. The highest BCUT2D eigenvalue weighted by molar-refractivity contribution is 7.81. The third-order valence-electron chi connectivity index (χ3n) is 5.98. The van der Waals surface area contributed by atoms with E-state index in [4.69, 9.17) is 29.1 Å². The van der Waals surface area contributed by atoms with Gasteiger partial charge in [0.2, 0.25) is 11.8 Å². The number of benzene rings is 1. The molecule has 1 aromatic rings. The van der Waals surface area contributed by atoms with E-state index >= 15 is 0 Å². The van der Waals surface area contributed by atoms with Crippen LogP contribution < -0.4 is 5.32 Å². The molecule has 1 heterocycles. The number of carbonyl (C=O) groups is 3. The predicted molar refractivity (Wildman–Crippen MR) is 123 cm³/mol. The van der Waals surface area contributed by atoms with Gasteiger partial charge < -0.3 is 5.32 Å². The lowest BCUT2D eigenvalue weighted by molar-refractivity contribution is -0.139. The molecule has 4 rings (SSSR count). The Morgan fingerprint density at radius 3 is 2.91 bits per heavy atom. The van der Waals surface area contributed by atoms with Crippen LogP contribution in [0.1, 0.15) is 24.0 Å². The second kappa shape index (κ2) is 9.19. The van der Waals surface area contributed by atoms with Crippen molar-refractivity contribution in [1.82, 2.24) is 10.2 Å². The highest BCUT2D eigenvalue weighted by Crippen LogP contribution is 2.35. The summed E-state index contributed by atoms with van der Waals surface area (Å²) in [5.74, 6) is -2.06. The second-order valence-electron chi connectivity index (χ2n) is 7.96. The van der Waals surface area contributed by atoms with Crippen molar-refractivity contribution in [2.45, 2.75) is 25.3 Å². The van der Waals surface area contributed by atoms with Crippen LogP contribution >= 0.6 is 23.8 Å². The number of nitrogens with zero attached hydrogens (tertiary/aromatic N) is 2. The van der Waals surface area contributed by atoms with E-state index in [1.54, 1.807) is 30.4 Å². The number of thiocarbonyl (C=S) groups is 1. The topological polar surface area (TPSA) is 90.3 Å². The molecule has 0 spiro atoms. The summed E-state index contributed by atoms with van der Waals surface area (Å²) in [5.41, 5.74) is 1.73. The number of imide groups is 1. The Bertz CT molecular complexity index is 1150. The molecule has 1 fully saturated rings. The Kier molecular flexibility index (Phi) is 6.35. The van der Waals surface area contributed by atoms with E-state index in [-0.39, 0.29) is 18.4 Å². The molecule has 162 valence electrons. The van der Waals surface area contributed by atoms with E-state index in [9.17, 15) is 14.4 Å². The van der Waals surface area contributed by atoms with Gasteiger partial charge in [0.25, 0.3) is 5.91 Å². The molecule has 0 radical (unpaired) electrons. The standard InChI is InChI=1S/C24H20ClN3O3S/c25-16-7-8-20(32)18(12-16)22(29)27-19-6-2-5-17-21(19)24(31)28(23(17)30)10-9-14-3-1-4-15(11-14)13-26/h1-4,6-7,11-12,17,19,21H,5,8-10H2,(H,27,29). The van der Waals surface area contributed by atoms with Crippen molar-refractivity contribution < 1.29 is 14.4 Å². The molecular formula is C24H20ClN3O3S. The minimum absolute atomic E-state index is 0.224. The maximum atomic E-state index is 13.2. The number of nitrogens with one attached hydrogen (secondary N) is 1. The van der Waals surface area contributed by atoms with Crippen molar-refractivity contribution in [3.05, 3.63) is 70.3 Å². The Morgan fingerprint density at radius 2 is 2.12 bits per heavy atom. The summed E-state index contributed by atoms with van der Waals surface area (Å²) in [5, 5.41) is 12.4. The second-order valence-corrected chi connectivity index (χ2v) is 8.89. The minimum Gasteiger partial charge on any atom is -0.345 e. The normalized spacial score (nSPS) is 24.6. The first kappa shape index (κ1) is 22.1. The zero-order chi connectivity index (χ0) is 22.8.